The molecule has 4 aromatic rings. The first-order valence-electron chi connectivity index (χ1n) is 21.0. The van der Waals surface area contributed by atoms with Crippen LogP contribution >= 0.6 is 11.6 Å². The van der Waals surface area contributed by atoms with Crippen LogP contribution in [-0.2, 0) is 16.1 Å². The van der Waals surface area contributed by atoms with Crippen LogP contribution in [0.3, 0.4) is 0 Å². The Morgan fingerprint density at radius 2 is 1.56 bits per heavy atom. The van der Waals surface area contributed by atoms with Crippen LogP contribution in [0, 0.1) is 13.8 Å². The second kappa shape index (κ2) is 18.9. The van der Waals surface area contributed by atoms with Gasteiger partial charge in [0, 0.05) is 107 Å². The second-order valence-electron chi connectivity index (χ2n) is 16.0. The summed E-state index contributed by atoms with van der Waals surface area (Å²) in [5, 5.41) is 0.402. The van der Waals surface area contributed by atoms with Crippen molar-refractivity contribution in [1.29, 1.82) is 0 Å². The molecule has 4 aromatic heterocycles. The molecule has 8 heterocycles. The minimum atomic E-state index is -2.91. The molecule has 0 aliphatic carbocycles. The summed E-state index contributed by atoms with van der Waals surface area (Å²) in [5.41, 5.74) is 15.0. The highest BCUT2D eigenvalue weighted by Gasteiger charge is 2.35. The van der Waals surface area contributed by atoms with Gasteiger partial charge in [0.15, 0.2) is 5.82 Å². The molecule has 0 spiro atoms. The predicted molar refractivity (Wildman–Crippen MR) is 230 cm³/mol. The maximum Gasteiger partial charge on any atom is 0.281 e. The normalized spacial score (nSPS) is 18.8. The molecular formula is C40H53ClF2N16O3. The SMILES string of the molecule is COc1c(C)cnc(CN2C[C@H](CCCN3CCN(CC(=O)N4CCN(c5nc(-c6cnc(N)nc6C(F)F)nc(N6CCOCC6)n5)CC4)CC3)c3c(Cl)nc(N)nc32)c1C. The zero-order valence-corrected chi connectivity index (χ0v) is 36.1. The minimum Gasteiger partial charge on any atom is -0.496 e. The number of rotatable bonds is 13. The van der Waals surface area contributed by atoms with Gasteiger partial charge in [-0.05, 0) is 33.2 Å². The van der Waals surface area contributed by atoms with Crippen molar-refractivity contribution < 1.29 is 23.0 Å². The van der Waals surface area contributed by atoms with Crippen molar-refractivity contribution in [2.24, 2.45) is 0 Å². The van der Waals surface area contributed by atoms with Crippen LogP contribution < -0.4 is 30.9 Å². The molecule has 0 saturated carbocycles. The number of amides is 1. The second-order valence-corrected chi connectivity index (χ2v) is 16.4. The fourth-order valence-corrected chi connectivity index (χ4v) is 9.04. The summed E-state index contributed by atoms with van der Waals surface area (Å²) in [5.74, 6) is 2.44. The highest BCUT2D eigenvalue weighted by molar-refractivity contribution is 6.30. The van der Waals surface area contributed by atoms with E-state index < -0.39 is 12.1 Å². The number of fused-ring (bicyclic) bond motifs is 1. The Hall–Kier alpha value is -5.38. The summed E-state index contributed by atoms with van der Waals surface area (Å²) in [6, 6.07) is 0. The smallest absolute Gasteiger partial charge is 0.281 e. The average molecular weight is 879 g/mol. The van der Waals surface area contributed by atoms with E-state index in [9.17, 15) is 13.6 Å². The van der Waals surface area contributed by atoms with E-state index in [0.717, 1.165) is 86.1 Å². The predicted octanol–water partition coefficient (Wildman–Crippen LogP) is 2.58. The van der Waals surface area contributed by atoms with Crippen LogP contribution in [0.15, 0.2) is 12.4 Å². The van der Waals surface area contributed by atoms with Gasteiger partial charge in [-0.1, -0.05) is 11.6 Å². The molecule has 22 heteroatoms. The number of hydrogen-bond acceptors (Lipinski definition) is 18. The number of morpholine rings is 1. The van der Waals surface area contributed by atoms with Gasteiger partial charge in [0.25, 0.3) is 6.43 Å². The molecule has 4 N–H and O–H groups in total. The van der Waals surface area contributed by atoms with Gasteiger partial charge in [-0.2, -0.15) is 19.9 Å². The molecule has 1 amide bonds. The van der Waals surface area contributed by atoms with Crippen molar-refractivity contribution in [3.05, 3.63) is 45.6 Å². The van der Waals surface area contributed by atoms with Crippen molar-refractivity contribution in [1.82, 2.24) is 54.6 Å². The number of nitrogens with two attached hydrogens (primary N) is 2. The molecule has 62 heavy (non-hydrogen) atoms. The zero-order chi connectivity index (χ0) is 43.5. The molecule has 4 aliphatic rings. The number of anilines is 5. The third-order valence-electron chi connectivity index (χ3n) is 12.1. The number of carbonyl (C=O) groups is 1. The number of aryl methyl sites for hydroxylation is 1. The third kappa shape index (κ3) is 9.49. The monoisotopic (exact) mass is 878 g/mol. The van der Waals surface area contributed by atoms with Gasteiger partial charge in [0.2, 0.25) is 29.7 Å². The molecule has 332 valence electrons. The van der Waals surface area contributed by atoms with Gasteiger partial charge < -0.3 is 45.4 Å². The van der Waals surface area contributed by atoms with E-state index in [1.807, 2.05) is 34.7 Å². The molecule has 1 atom stereocenters. The Morgan fingerprint density at radius 3 is 2.26 bits per heavy atom. The Kier molecular flexibility index (Phi) is 13.2. The van der Waals surface area contributed by atoms with Crippen molar-refractivity contribution in [3.63, 3.8) is 0 Å². The number of nitrogen functional groups attached to an aromatic ring is 2. The number of pyridine rings is 1. The van der Waals surface area contributed by atoms with Crippen molar-refractivity contribution >= 4 is 47.1 Å². The van der Waals surface area contributed by atoms with Gasteiger partial charge in [-0.25, -0.2) is 23.7 Å². The summed E-state index contributed by atoms with van der Waals surface area (Å²) >= 11 is 6.71. The maximum absolute atomic E-state index is 14.1. The lowest BCUT2D eigenvalue weighted by molar-refractivity contribution is -0.133. The van der Waals surface area contributed by atoms with Crippen molar-refractivity contribution in [3.8, 4) is 17.1 Å². The molecule has 0 bridgehead atoms. The van der Waals surface area contributed by atoms with Crippen molar-refractivity contribution in [2.75, 3.05) is 132 Å². The van der Waals surface area contributed by atoms with Crippen LogP contribution in [-0.4, -0.2) is 166 Å². The fraction of sp³-hybridized carbons (Fsp3) is 0.575. The van der Waals surface area contributed by atoms with Crippen LogP contribution in [0.4, 0.5) is 38.4 Å². The van der Waals surface area contributed by atoms with Gasteiger partial charge >= 0.3 is 0 Å². The van der Waals surface area contributed by atoms with E-state index in [-0.39, 0.29) is 35.1 Å². The number of methoxy groups -OCH3 is 1. The number of piperazine rings is 2. The van der Waals surface area contributed by atoms with Crippen molar-refractivity contribution in [2.45, 2.75) is 45.6 Å². The largest absolute Gasteiger partial charge is 0.496 e. The Labute approximate surface area is 363 Å². The van der Waals surface area contributed by atoms with E-state index in [4.69, 9.17) is 42.5 Å². The number of hydrogen-bond donors (Lipinski definition) is 2. The van der Waals surface area contributed by atoms with Crippen LogP contribution in [0.2, 0.25) is 5.15 Å². The summed E-state index contributed by atoms with van der Waals surface area (Å²) in [4.78, 5) is 61.4. The molecule has 0 radical (unpaired) electrons. The van der Waals surface area contributed by atoms with Gasteiger partial charge in [0.05, 0.1) is 44.7 Å². The summed E-state index contributed by atoms with van der Waals surface area (Å²) in [7, 11) is 1.68. The first kappa shape index (κ1) is 43.3. The highest BCUT2D eigenvalue weighted by atomic mass is 35.5. The first-order valence-corrected chi connectivity index (χ1v) is 21.4. The number of aromatic nitrogens is 8. The standard InChI is InChI=1S/C40H53ClF2N16O3/c1-24-19-46-28(25(2)32(24)61-3)22-59-21-26(30-33(41)49-38(45)52-36(30)59)5-4-6-54-7-9-55(10-8-54)23-29(60)56-11-13-57(14-12-56)39-50-35(27-20-47-37(44)48-31(27)34(42)43)51-40(53-39)58-15-17-62-18-16-58/h19-20,26,34H,4-18,21-23H2,1-3H3,(H2,44,47,48)(H2,45,49,52)/t26-/m0/s1. The molecule has 19 nitrogen and oxygen atoms in total. The summed E-state index contributed by atoms with van der Waals surface area (Å²) < 4.78 is 39.3. The number of nitrogens with zero attached hydrogens (tertiary/aromatic N) is 14. The number of halogens is 3. The van der Waals surface area contributed by atoms with E-state index in [0.29, 0.717) is 82.6 Å². The Balaban J connectivity index is 0.824. The fourth-order valence-electron chi connectivity index (χ4n) is 8.72. The molecule has 0 aromatic carbocycles. The highest BCUT2D eigenvalue weighted by Crippen LogP contribution is 2.42. The zero-order valence-electron chi connectivity index (χ0n) is 35.3. The lowest BCUT2D eigenvalue weighted by atomic mass is 9.98. The van der Waals surface area contributed by atoms with Crippen LogP contribution in [0.1, 0.15) is 53.3 Å². The van der Waals surface area contributed by atoms with Crippen LogP contribution in [0.25, 0.3) is 11.4 Å². The number of ether oxygens (including phenoxy) is 2. The van der Waals surface area contributed by atoms with E-state index in [1.165, 1.54) is 6.20 Å². The third-order valence-corrected chi connectivity index (χ3v) is 12.4. The van der Waals surface area contributed by atoms with Crippen LogP contribution in [0.5, 0.6) is 5.75 Å². The quantitative estimate of drug-likeness (QED) is 0.185. The molecule has 3 saturated heterocycles. The lowest BCUT2D eigenvalue weighted by Crippen LogP contribution is -2.54. The minimum absolute atomic E-state index is 0.0114. The topological polar surface area (TPSA) is 210 Å². The lowest BCUT2D eigenvalue weighted by Gasteiger charge is -2.38. The Morgan fingerprint density at radius 1 is 0.871 bits per heavy atom. The average Bonchev–Trinajstić information content (AvgIpc) is 3.62. The van der Waals surface area contributed by atoms with E-state index >= 15 is 0 Å². The Bertz CT molecular complexity index is 2240. The molecule has 4 aliphatic heterocycles. The van der Waals surface area contributed by atoms with E-state index in [1.54, 1.807) is 7.11 Å². The molecule has 3 fully saturated rings. The van der Waals surface area contributed by atoms with Gasteiger partial charge in [0.1, 0.15) is 22.4 Å². The maximum atomic E-state index is 14.1. The molecular weight excluding hydrogens is 826 g/mol. The number of carbonyl (C=O) groups excluding carboxylic acids is 1. The molecule has 0 unspecified atom stereocenters. The van der Waals surface area contributed by atoms with E-state index in [2.05, 4.69) is 44.6 Å². The summed E-state index contributed by atoms with van der Waals surface area (Å²) in [6.07, 6.45) is 2.03. The summed E-state index contributed by atoms with van der Waals surface area (Å²) in [6.45, 7) is 13.8. The molecule has 8 rings (SSSR count). The van der Waals surface area contributed by atoms with Gasteiger partial charge in [-0.3, -0.25) is 14.7 Å². The number of alkyl halides is 2. The first-order chi connectivity index (χ1) is 29.9. The van der Waals surface area contributed by atoms with Gasteiger partial charge in [-0.15, -0.1) is 0 Å².